The highest BCUT2D eigenvalue weighted by atomic mass is 35.5. The number of rotatable bonds is 7. The second-order valence-electron chi connectivity index (χ2n) is 8.65. The van der Waals surface area contributed by atoms with E-state index in [9.17, 15) is 27.5 Å². The summed E-state index contributed by atoms with van der Waals surface area (Å²) >= 11 is 6.18. The average Bonchev–Trinajstić information content (AvgIpc) is 3.62. The largest absolute Gasteiger partial charge is 0.506 e. The smallest absolute Gasteiger partial charge is 0.286 e. The number of hydrogen-bond donors (Lipinski definition) is 3. The van der Waals surface area contributed by atoms with Crippen molar-refractivity contribution in [1.29, 1.82) is 0 Å². The van der Waals surface area contributed by atoms with Crippen LogP contribution in [0.2, 0.25) is 5.02 Å². The average molecular weight is 535 g/mol. The highest BCUT2D eigenvalue weighted by Gasteiger charge is 2.32. The first-order valence-electron chi connectivity index (χ1n) is 11.0. The number of amidine groups is 1. The molecule has 0 unspecified atom stereocenters. The monoisotopic (exact) mass is 534 g/mol. The van der Waals surface area contributed by atoms with E-state index in [0.717, 1.165) is 25.0 Å². The number of halogens is 2. The number of fused-ring (bicyclic) bond motifs is 2. The minimum Gasteiger partial charge on any atom is -0.506 e. The number of pyridine rings is 1. The van der Waals surface area contributed by atoms with Gasteiger partial charge in [0.05, 0.1) is 16.2 Å². The Morgan fingerprint density at radius 3 is 2.75 bits per heavy atom. The highest BCUT2D eigenvalue weighted by molar-refractivity contribution is 7.90. The molecule has 36 heavy (non-hydrogen) atoms. The summed E-state index contributed by atoms with van der Waals surface area (Å²) in [7, 11) is -4.40. The SMILES string of the molecule is NC(=O)COc1cc2c(cc1Cl)NC(c1c(O)c3cc(F)ccc3n(CCC3CC3)c1=O)=NS2(=O)=O. The van der Waals surface area contributed by atoms with Gasteiger partial charge in [0.1, 0.15) is 27.8 Å². The van der Waals surface area contributed by atoms with E-state index in [1.54, 1.807) is 0 Å². The fourth-order valence-electron chi connectivity index (χ4n) is 4.10. The summed E-state index contributed by atoms with van der Waals surface area (Å²) < 4.78 is 50.4. The van der Waals surface area contributed by atoms with E-state index >= 15 is 0 Å². The molecule has 1 fully saturated rings. The van der Waals surface area contributed by atoms with Crippen molar-refractivity contribution >= 4 is 50.0 Å². The van der Waals surface area contributed by atoms with Crippen molar-refractivity contribution in [2.45, 2.75) is 30.7 Å². The Morgan fingerprint density at radius 1 is 1.31 bits per heavy atom. The lowest BCUT2D eigenvalue weighted by Gasteiger charge is -2.21. The molecule has 3 aromatic rings. The third-order valence-corrected chi connectivity index (χ3v) is 7.65. The van der Waals surface area contributed by atoms with Gasteiger partial charge in [0.2, 0.25) is 0 Å². The van der Waals surface area contributed by atoms with Crippen molar-refractivity contribution in [2.24, 2.45) is 16.0 Å². The van der Waals surface area contributed by atoms with Crippen LogP contribution in [-0.2, 0) is 21.4 Å². The molecule has 0 bridgehead atoms. The molecule has 2 heterocycles. The molecule has 0 atom stereocenters. The summed E-state index contributed by atoms with van der Waals surface area (Å²) in [5.74, 6) is -2.08. The van der Waals surface area contributed by atoms with Crippen LogP contribution in [0.15, 0.2) is 44.4 Å². The first-order chi connectivity index (χ1) is 17.0. The van der Waals surface area contributed by atoms with Crippen molar-refractivity contribution in [3.63, 3.8) is 0 Å². The molecule has 0 saturated heterocycles. The number of carbonyl (C=O) groups excluding carboxylic acids is 1. The van der Waals surface area contributed by atoms with Crippen LogP contribution >= 0.6 is 11.6 Å². The van der Waals surface area contributed by atoms with Gasteiger partial charge < -0.3 is 25.5 Å². The first kappa shape index (κ1) is 24.1. The number of nitrogens with two attached hydrogens (primary N) is 1. The predicted octanol–water partition coefficient (Wildman–Crippen LogP) is 2.72. The maximum atomic E-state index is 14.1. The van der Waals surface area contributed by atoms with E-state index in [1.165, 1.54) is 22.8 Å². The Hall–Kier alpha value is -3.64. The Balaban J connectivity index is 1.65. The quantitative estimate of drug-likeness (QED) is 0.421. The van der Waals surface area contributed by atoms with Gasteiger partial charge in [0.25, 0.3) is 21.5 Å². The second kappa shape index (κ2) is 8.79. The van der Waals surface area contributed by atoms with Crippen LogP contribution in [0.4, 0.5) is 10.1 Å². The minimum absolute atomic E-state index is 0.0286. The number of anilines is 1. The molecule has 1 aromatic heterocycles. The number of carbonyl (C=O) groups is 1. The zero-order valence-corrected chi connectivity index (χ0v) is 20.2. The Bertz CT molecular complexity index is 1630. The molecular weight excluding hydrogens is 515 g/mol. The lowest BCUT2D eigenvalue weighted by atomic mass is 10.1. The third-order valence-electron chi connectivity index (χ3n) is 6.04. The number of benzene rings is 2. The number of primary amides is 1. The van der Waals surface area contributed by atoms with E-state index < -0.39 is 51.1 Å². The summed E-state index contributed by atoms with van der Waals surface area (Å²) in [5, 5.41) is 13.7. The standard InChI is InChI=1S/C23H20ClFN4O6S/c24-14-8-15-18(9-17(14)35-10-19(26)30)36(33,34)28-22(27-15)20-21(31)13-7-12(25)3-4-16(13)29(23(20)32)6-5-11-1-2-11/h3-4,7-9,11,31H,1-2,5-6,10H2,(H2,26,30)(H,27,28). The maximum absolute atomic E-state index is 14.1. The fourth-order valence-corrected chi connectivity index (χ4v) is 5.44. The number of amides is 1. The van der Waals surface area contributed by atoms with Crippen molar-refractivity contribution in [3.05, 3.63) is 57.1 Å². The van der Waals surface area contributed by atoms with E-state index in [1.807, 2.05) is 0 Å². The Labute approximate surface area is 209 Å². The van der Waals surface area contributed by atoms with Gasteiger partial charge in [-0.05, 0) is 36.6 Å². The van der Waals surface area contributed by atoms with Crippen molar-refractivity contribution in [1.82, 2.24) is 4.57 Å². The zero-order valence-electron chi connectivity index (χ0n) is 18.6. The van der Waals surface area contributed by atoms with Gasteiger partial charge in [-0.3, -0.25) is 9.59 Å². The summed E-state index contributed by atoms with van der Waals surface area (Å²) in [5.41, 5.74) is 4.26. The van der Waals surface area contributed by atoms with Gasteiger partial charge in [-0.25, -0.2) is 4.39 Å². The van der Waals surface area contributed by atoms with Crippen LogP contribution in [0.1, 0.15) is 24.8 Å². The number of aryl methyl sites for hydroxylation is 1. The van der Waals surface area contributed by atoms with Gasteiger partial charge in [-0.1, -0.05) is 24.4 Å². The van der Waals surface area contributed by atoms with Crippen molar-refractivity contribution < 1.29 is 27.4 Å². The van der Waals surface area contributed by atoms with Crippen LogP contribution in [0.3, 0.4) is 0 Å². The fraction of sp³-hybridized carbons (Fsp3) is 0.261. The third kappa shape index (κ3) is 4.37. The topological polar surface area (TPSA) is 153 Å². The number of aromatic nitrogens is 1. The molecule has 5 rings (SSSR count). The normalized spacial score (nSPS) is 16.2. The predicted molar refractivity (Wildman–Crippen MR) is 131 cm³/mol. The molecule has 13 heteroatoms. The molecule has 1 amide bonds. The van der Waals surface area contributed by atoms with Crippen molar-refractivity contribution in [2.75, 3.05) is 11.9 Å². The van der Waals surface area contributed by atoms with Crippen LogP contribution in [-0.4, -0.2) is 36.4 Å². The van der Waals surface area contributed by atoms with E-state index in [0.29, 0.717) is 24.4 Å². The number of sulfonamides is 1. The summed E-state index contributed by atoms with van der Waals surface area (Å²) in [6.45, 7) is -0.218. The molecule has 1 saturated carbocycles. The van der Waals surface area contributed by atoms with Crippen molar-refractivity contribution in [3.8, 4) is 11.5 Å². The van der Waals surface area contributed by atoms with Gasteiger partial charge in [-0.15, -0.1) is 4.40 Å². The van der Waals surface area contributed by atoms with E-state index in [2.05, 4.69) is 9.71 Å². The van der Waals surface area contributed by atoms with E-state index in [-0.39, 0.29) is 26.7 Å². The van der Waals surface area contributed by atoms with Crippen LogP contribution in [0.5, 0.6) is 11.5 Å². The second-order valence-corrected chi connectivity index (χ2v) is 10.6. The number of aromatic hydroxyl groups is 1. The van der Waals surface area contributed by atoms with Gasteiger partial charge in [0, 0.05) is 18.0 Å². The molecule has 2 aliphatic rings. The van der Waals surface area contributed by atoms with Crippen LogP contribution in [0.25, 0.3) is 10.9 Å². The Morgan fingerprint density at radius 2 is 2.06 bits per heavy atom. The number of nitrogens with one attached hydrogen (secondary N) is 1. The molecule has 10 nitrogen and oxygen atoms in total. The first-order valence-corrected chi connectivity index (χ1v) is 12.8. The maximum Gasteiger partial charge on any atom is 0.286 e. The number of hydrogen-bond acceptors (Lipinski definition) is 7. The molecule has 1 aliphatic heterocycles. The molecule has 2 aromatic carbocycles. The summed E-state index contributed by atoms with van der Waals surface area (Å²) in [4.78, 5) is 24.2. The van der Waals surface area contributed by atoms with Gasteiger partial charge in [0.15, 0.2) is 12.4 Å². The highest BCUT2D eigenvalue weighted by Crippen LogP contribution is 2.38. The van der Waals surface area contributed by atoms with E-state index in [4.69, 9.17) is 22.1 Å². The number of nitrogens with zero attached hydrogens (tertiary/aromatic N) is 2. The lowest BCUT2D eigenvalue weighted by molar-refractivity contribution is -0.119. The molecule has 4 N–H and O–H groups in total. The summed E-state index contributed by atoms with van der Waals surface area (Å²) in [6.07, 6.45) is 2.82. The Kier molecular flexibility index (Phi) is 5.87. The molecular formula is C23H20ClFN4O6S. The minimum atomic E-state index is -4.40. The number of ether oxygens (including phenoxy) is 1. The van der Waals surface area contributed by atoms with Crippen LogP contribution < -0.4 is 21.3 Å². The lowest BCUT2D eigenvalue weighted by Crippen LogP contribution is -2.33. The molecule has 0 radical (unpaired) electrons. The van der Waals surface area contributed by atoms with Crippen LogP contribution in [0, 0.1) is 11.7 Å². The zero-order chi connectivity index (χ0) is 25.8. The summed E-state index contributed by atoms with van der Waals surface area (Å²) in [6, 6.07) is 5.96. The molecule has 0 spiro atoms. The van der Waals surface area contributed by atoms with Gasteiger partial charge >= 0.3 is 0 Å². The molecule has 188 valence electrons. The van der Waals surface area contributed by atoms with Gasteiger partial charge in [-0.2, -0.15) is 8.42 Å². The molecule has 1 aliphatic carbocycles.